The molecule has 1 saturated heterocycles. The van der Waals surface area contributed by atoms with Crippen LogP contribution in [-0.2, 0) is 16.1 Å². The van der Waals surface area contributed by atoms with Gasteiger partial charge in [-0.15, -0.1) is 0 Å². The quantitative estimate of drug-likeness (QED) is 0.905. The molecule has 1 aromatic carbocycles. The maximum absolute atomic E-state index is 12.7. The summed E-state index contributed by atoms with van der Waals surface area (Å²) in [4.78, 5) is 26.0. The van der Waals surface area contributed by atoms with Gasteiger partial charge in [0.05, 0.1) is 12.0 Å². The van der Waals surface area contributed by atoms with Crippen molar-refractivity contribution >= 4 is 11.8 Å². The van der Waals surface area contributed by atoms with Crippen molar-refractivity contribution < 1.29 is 14.3 Å². The first kappa shape index (κ1) is 17.5. The van der Waals surface area contributed by atoms with Crippen LogP contribution in [0.3, 0.4) is 0 Å². The molecule has 1 aromatic rings. The van der Waals surface area contributed by atoms with E-state index in [0.717, 1.165) is 31.4 Å². The van der Waals surface area contributed by atoms with Gasteiger partial charge in [0.15, 0.2) is 0 Å². The van der Waals surface area contributed by atoms with Gasteiger partial charge < -0.3 is 15.0 Å². The molecule has 5 nitrogen and oxygen atoms in total. The molecule has 23 heavy (non-hydrogen) atoms. The van der Waals surface area contributed by atoms with Crippen LogP contribution in [0, 0.1) is 5.92 Å². The molecule has 126 valence electrons. The Morgan fingerprint density at radius 1 is 1.30 bits per heavy atom. The van der Waals surface area contributed by atoms with Crippen molar-refractivity contribution in [3.05, 3.63) is 35.4 Å². The minimum Gasteiger partial charge on any atom is -0.377 e. The van der Waals surface area contributed by atoms with E-state index in [1.807, 2.05) is 19.2 Å². The summed E-state index contributed by atoms with van der Waals surface area (Å²) in [7, 11) is 3.44. The van der Waals surface area contributed by atoms with Gasteiger partial charge in [0.25, 0.3) is 5.91 Å². The highest BCUT2D eigenvalue weighted by atomic mass is 16.5. The van der Waals surface area contributed by atoms with E-state index in [0.29, 0.717) is 12.1 Å². The number of rotatable bonds is 5. The zero-order chi connectivity index (χ0) is 16.8. The largest absolute Gasteiger partial charge is 0.377 e. The number of nitrogens with one attached hydrogen (secondary N) is 1. The lowest BCUT2D eigenvalue weighted by Crippen LogP contribution is -2.41. The third kappa shape index (κ3) is 4.32. The van der Waals surface area contributed by atoms with Gasteiger partial charge in [-0.25, -0.2) is 0 Å². The molecule has 0 saturated carbocycles. The summed E-state index contributed by atoms with van der Waals surface area (Å²) < 4.78 is 5.72. The van der Waals surface area contributed by atoms with Crippen molar-refractivity contribution in [2.24, 2.45) is 5.92 Å². The molecule has 0 spiro atoms. The van der Waals surface area contributed by atoms with Crippen molar-refractivity contribution in [1.29, 1.82) is 0 Å². The van der Waals surface area contributed by atoms with Crippen LogP contribution in [0.15, 0.2) is 24.3 Å². The first-order valence-corrected chi connectivity index (χ1v) is 8.24. The summed E-state index contributed by atoms with van der Waals surface area (Å²) in [6, 6.07) is 7.35. The number of nitrogens with zero attached hydrogens (tertiary/aromatic N) is 1. The van der Waals surface area contributed by atoms with Gasteiger partial charge in [0, 0.05) is 32.8 Å². The van der Waals surface area contributed by atoms with Crippen LogP contribution in [0.25, 0.3) is 0 Å². The second-order valence-electron chi connectivity index (χ2n) is 6.04. The Hall–Kier alpha value is -1.88. The standard InChI is InChI=1S/C18H26N2O3/c1-4-16-15(6-5-11-23-16)18(22)20(3)12-13-7-9-14(10-8-13)17(21)19-2/h7-10,15-16H,4-6,11-12H2,1-3H3,(H,19,21). The van der Waals surface area contributed by atoms with Crippen LogP contribution in [0.4, 0.5) is 0 Å². The fourth-order valence-electron chi connectivity index (χ4n) is 3.07. The van der Waals surface area contributed by atoms with E-state index >= 15 is 0 Å². The lowest BCUT2D eigenvalue weighted by atomic mass is 9.91. The number of amides is 2. The van der Waals surface area contributed by atoms with Gasteiger partial charge in [0.1, 0.15) is 0 Å². The van der Waals surface area contributed by atoms with Gasteiger partial charge in [-0.3, -0.25) is 9.59 Å². The highest BCUT2D eigenvalue weighted by Crippen LogP contribution is 2.25. The third-order valence-electron chi connectivity index (χ3n) is 4.40. The molecule has 2 rings (SSSR count). The van der Waals surface area contributed by atoms with E-state index in [1.54, 1.807) is 24.1 Å². The number of hydrogen-bond donors (Lipinski definition) is 1. The molecule has 2 atom stereocenters. The molecule has 1 heterocycles. The average Bonchev–Trinajstić information content (AvgIpc) is 2.60. The number of hydrogen-bond acceptors (Lipinski definition) is 3. The predicted octanol–water partition coefficient (Wildman–Crippen LogP) is 2.21. The van der Waals surface area contributed by atoms with E-state index in [2.05, 4.69) is 12.2 Å². The van der Waals surface area contributed by atoms with Gasteiger partial charge in [-0.2, -0.15) is 0 Å². The van der Waals surface area contributed by atoms with Crippen LogP contribution >= 0.6 is 0 Å². The van der Waals surface area contributed by atoms with Crippen LogP contribution in [0.5, 0.6) is 0 Å². The SMILES string of the molecule is CCC1OCCCC1C(=O)N(C)Cc1ccc(C(=O)NC)cc1. The molecule has 1 fully saturated rings. The number of carbonyl (C=O) groups excluding carboxylic acids is 2. The summed E-state index contributed by atoms with van der Waals surface area (Å²) >= 11 is 0. The van der Waals surface area contributed by atoms with Crippen molar-refractivity contribution in [2.75, 3.05) is 20.7 Å². The normalized spacial score (nSPS) is 20.8. The third-order valence-corrected chi connectivity index (χ3v) is 4.40. The second-order valence-corrected chi connectivity index (χ2v) is 6.04. The summed E-state index contributed by atoms with van der Waals surface area (Å²) in [5.74, 6) is 0.00180. The summed E-state index contributed by atoms with van der Waals surface area (Å²) in [6.07, 6.45) is 2.75. The van der Waals surface area contributed by atoms with E-state index in [4.69, 9.17) is 4.74 Å². The molecular formula is C18H26N2O3. The molecule has 0 aromatic heterocycles. The Morgan fingerprint density at radius 3 is 2.61 bits per heavy atom. The van der Waals surface area contributed by atoms with Crippen LogP contribution in [-0.4, -0.2) is 43.5 Å². The van der Waals surface area contributed by atoms with Crippen molar-refractivity contribution in [3.63, 3.8) is 0 Å². The Labute approximate surface area is 138 Å². The Balaban J connectivity index is 1.98. The van der Waals surface area contributed by atoms with Crippen LogP contribution in [0.1, 0.15) is 42.1 Å². The van der Waals surface area contributed by atoms with Crippen molar-refractivity contribution in [1.82, 2.24) is 10.2 Å². The van der Waals surface area contributed by atoms with E-state index < -0.39 is 0 Å². The molecule has 0 radical (unpaired) electrons. The van der Waals surface area contributed by atoms with Crippen LogP contribution in [0.2, 0.25) is 0 Å². The Kier molecular flexibility index (Phi) is 6.16. The number of carbonyl (C=O) groups is 2. The Bertz CT molecular complexity index is 542. The fraction of sp³-hybridized carbons (Fsp3) is 0.556. The molecule has 5 heteroatoms. The number of ether oxygens (including phenoxy) is 1. The summed E-state index contributed by atoms with van der Waals surface area (Å²) in [6.45, 7) is 3.36. The molecule has 2 unspecified atom stereocenters. The topological polar surface area (TPSA) is 58.6 Å². The van der Waals surface area contributed by atoms with Crippen molar-refractivity contribution in [3.8, 4) is 0 Å². The highest BCUT2D eigenvalue weighted by Gasteiger charge is 2.32. The molecular weight excluding hydrogens is 292 g/mol. The minimum atomic E-state index is -0.105. The summed E-state index contributed by atoms with van der Waals surface area (Å²) in [5.41, 5.74) is 1.63. The Morgan fingerprint density at radius 2 is 2.00 bits per heavy atom. The monoisotopic (exact) mass is 318 g/mol. The van der Waals surface area contributed by atoms with E-state index in [-0.39, 0.29) is 23.8 Å². The van der Waals surface area contributed by atoms with Gasteiger partial charge in [-0.1, -0.05) is 19.1 Å². The molecule has 1 aliphatic heterocycles. The molecule has 1 aliphatic rings. The van der Waals surface area contributed by atoms with Gasteiger partial charge in [0.2, 0.25) is 5.91 Å². The highest BCUT2D eigenvalue weighted by molar-refractivity contribution is 5.93. The first-order valence-electron chi connectivity index (χ1n) is 8.24. The van der Waals surface area contributed by atoms with E-state index in [9.17, 15) is 9.59 Å². The maximum atomic E-state index is 12.7. The van der Waals surface area contributed by atoms with Gasteiger partial charge >= 0.3 is 0 Å². The molecule has 2 amide bonds. The average molecular weight is 318 g/mol. The van der Waals surface area contributed by atoms with Crippen LogP contribution < -0.4 is 5.32 Å². The zero-order valence-corrected chi connectivity index (χ0v) is 14.2. The molecule has 0 bridgehead atoms. The van der Waals surface area contributed by atoms with E-state index in [1.165, 1.54) is 0 Å². The predicted molar refractivity (Wildman–Crippen MR) is 89.1 cm³/mol. The lowest BCUT2D eigenvalue weighted by molar-refractivity contribution is -0.144. The smallest absolute Gasteiger partial charge is 0.251 e. The molecule has 1 N–H and O–H groups in total. The summed E-state index contributed by atoms with van der Waals surface area (Å²) in [5, 5.41) is 2.60. The first-order chi connectivity index (χ1) is 11.1. The minimum absolute atomic E-state index is 0.0364. The number of benzene rings is 1. The zero-order valence-electron chi connectivity index (χ0n) is 14.2. The fourth-order valence-corrected chi connectivity index (χ4v) is 3.07. The van der Waals surface area contributed by atoms with Gasteiger partial charge in [-0.05, 0) is 37.0 Å². The maximum Gasteiger partial charge on any atom is 0.251 e. The lowest BCUT2D eigenvalue weighted by Gasteiger charge is -2.33. The van der Waals surface area contributed by atoms with Crippen molar-refractivity contribution in [2.45, 2.75) is 38.8 Å². The molecule has 0 aliphatic carbocycles. The second kappa shape index (κ2) is 8.11.